The van der Waals surface area contributed by atoms with Crippen LogP contribution in [0.2, 0.25) is 0 Å². The molecule has 90 valence electrons. The summed E-state index contributed by atoms with van der Waals surface area (Å²) in [5.74, 6) is -0.334. The van der Waals surface area contributed by atoms with Gasteiger partial charge in [0.05, 0.1) is 12.3 Å². The van der Waals surface area contributed by atoms with Crippen LogP contribution in [0.1, 0.15) is 36.5 Å². The summed E-state index contributed by atoms with van der Waals surface area (Å²) in [6.45, 7) is 4.25. The van der Waals surface area contributed by atoms with Crippen molar-refractivity contribution in [3.05, 3.63) is 35.8 Å². The molecule has 0 saturated heterocycles. The molecule has 0 N–H and O–H groups in total. The third-order valence-corrected chi connectivity index (χ3v) is 2.58. The molecule has 0 fully saturated rings. The monoisotopic (exact) mass is 232 g/mol. The Morgan fingerprint density at radius 1 is 1.41 bits per heavy atom. The summed E-state index contributed by atoms with van der Waals surface area (Å²) in [6, 6.07) is 5.73. The molecule has 2 aromatic rings. The number of hydrogen-bond donors (Lipinski definition) is 0. The van der Waals surface area contributed by atoms with Crippen LogP contribution in [0.25, 0.3) is 5.65 Å². The SMILES string of the molecule is CCCc1c(C(=O)OCC)nc2ccccn12. The van der Waals surface area contributed by atoms with Crippen molar-refractivity contribution >= 4 is 11.6 Å². The molecule has 0 unspecified atom stereocenters. The number of pyridine rings is 1. The van der Waals surface area contributed by atoms with Gasteiger partial charge in [-0.05, 0) is 25.5 Å². The van der Waals surface area contributed by atoms with Crippen LogP contribution in [0.4, 0.5) is 0 Å². The Morgan fingerprint density at radius 2 is 2.24 bits per heavy atom. The van der Waals surface area contributed by atoms with Crippen LogP contribution in [0, 0.1) is 0 Å². The highest BCUT2D eigenvalue weighted by molar-refractivity contribution is 5.89. The van der Waals surface area contributed by atoms with Gasteiger partial charge in [-0.1, -0.05) is 19.4 Å². The van der Waals surface area contributed by atoms with Gasteiger partial charge in [0.25, 0.3) is 0 Å². The standard InChI is InChI=1S/C13H16N2O2/c1-3-7-10-12(13(16)17-4-2)14-11-8-5-6-9-15(10)11/h5-6,8-9H,3-4,7H2,1-2H3. The van der Waals surface area contributed by atoms with Crippen molar-refractivity contribution in [2.45, 2.75) is 26.7 Å². The first-order chi connectivity index (χ1) is 8.27. The number of hydrogen-bond acceptors (Lipinski definition) is 3. The average Bonchev–Trinajstić information content (AvgIpc) is 2.70. The quantitative estimate of drug-likeness (QED) is 0.760. The lowest BCUT2D eigenvalue weighted by molar-refractivity contribution is 0.0519. The van der Waals surface area contributed by atoms with Crippen molar-refractivity contribution < 1.29 is 9.53 Å². The zero-order valence-electron chi connectivity index (χ0n) is 10.1. The van der Waals surface area contributed by atoms with E-state index in [0.717, 1.165) is 24.2 Å². The zero-order valence-corrected chi connectivity index (χ0v) is 10.1. The van der Waals surface area contributed by atoms with E-state index in [2.05, 4.69) is 11.9 Å². The molecule has 4 heteroatoms. The summed E-state index contributed by atoms with van der Waals surface area (Å²) in [4.78, 5) is 16.2. The summed E-state index contributed by atoms with van der Waals surface area (Å²) in [6.07, 6.45) is 3.71. The van der Waals surface area contributed by atoms with Crippen molar-refractivity contribution in [3.8, 4) is 0 Å². The molecule has 0 bridgehead atoms. The number of carbonyl (C=O) groups excluding carboxylic acids is 1. The maximum absolute atomic E-state index is 11.8. The number of esters is 1. The topological polar surface area (TPSA) is 43.6 Å². The van der Waals surface area contributed by atoms with E-state index >= 15 is 0 Å². The lowest BCUT2D eigenvalue weighted by Gasteiger charge is -2.02. The van der Waals surface area contributed by atoms with Gasteiger partial charge < -0.3 is 9.14 Å². The molecule has 2 aromatic heterocycles. The second-order valence-corrected chi connectivity index (χ2v) is 3.81. The molecular weight excluding hydrogens is 216 g/mol. The Bertz CT molecular complexity index is 531. The zero-order chi connectivity index (χ0) is 12.3. The van der Waals surface area contributed by atoms with Gasteiger partial charge in [0, 0.05) is 6.20 Å². The summed E-state index contributed by atoms with van der Waals surface area (Å²) >= 11 is 0. The minimum Gasteiger partial charge on any atom is -0.461 e. The molecule has 0 atom stereocenters. The number of ether oxygens (including phenoxy) is 1. The van der Waals surface area contributed by atoms with Crippen LogP contribution in [-0.2, 0) is 11.2 Å². The van der Waals surface area contributed by atoms with Crippen LogP contribution in [0.5, 0.6) is 0 Å². The Labute approximate surface area is 100 Å². The summed E-state index contributed by atoms with van der Waals surface area (Å²) in [5.41, 5.74) is 2.17. The number of aromatic nitrogens is 2. The van der Waals surface area contributed by atoms with Gasteiger partial charge in [-0.3, -0.25) is 0 Å². The van der Waals surface area contributed by atoms with Gasteiger partial charge in [0.15, 0.2) is 5.69 Å². The first-order valence-corrected chi connectivity index (χ1v) is 5.91. The first-order valence-electron chi connectivity index (χ1n) is 5.91. The summed E-state index contributed by atoms with van der Waals surface area (Å²) in [7, 11) is 0. The van der Waals surface area contributed by atoms with Gasteiger partial charge in [-0.25, -0.2) is 9.78 Å². The van der Waals surface area contributed by atoms with E-state index in [1.165, 1.54) is 0 Å². The average molecular weight is 232 g/mol. The third-order valence-electron chi connectivity index (χ3n) is 2.58. The molecule has 2 heterocycles. The summed E-state index contributed by atoms with van der Waals surface area (Å²) < 4.78 is 6.98. The molecule has 0 amide bonds. The van der Waals surface area contributed by atoms with Crippen molar-refractivity contribution in [1.29, 1.82) is 0 Å². The van der Waals surface area contributed by atoms with E-state index < -0.39 is 0 Å². The van der Waals surface area contributed by atoms with E-state index in [1.54, 1.807) is 6.92 Å². The number of imidazole rings is 1. The number of rotatable bonds is 4. The van der Waals surface area contributed by atoms with E-state index in [-0.39, 0.29) is 5.97 Å². The van der Waals surface area contributed by atoms with E-state index in [9.17, 15) is 4.79 Å². The number of fused-ring (bicyclic) bond motifs is 1. The molecule has 0 radical (unpaired) electrons. The van der Waals surface area contributed by atoms with Gasteiger partial charge in [0.2, 0.25) is 0 Å². The van der Waals surface area contributed by atoms with Gasteiger partial charge >= 0.3 is 5.97 Å². The predicted octanol–water partition coefficient (Wildman–Crippen LogP) is 2.46. The largest absolute Gasteiger partial charge is 0.461 e. The fraction of sp³-hybridized carbons (Fsp3) is 0.385. The Hall–Kier alpha value is -1.84. The molecule has 0 spiro atoms. The van der Waals surface area contributed by atoms with E-state index in [1.807, 2.05) is 28.8 Å². The first kappa shape index (κ1) is 11.6. The molecule has 0 saturated carbocycles. The molecule has 17 heavy (non-hydrogen) atoms. The minimum absolute atomic E-state index is 0.334. The number of carbonyl (C=O) groups is 1. The maximum Gasteiger partial charge on any atom is 0.358 e. The highest BCUT2D eigenvalue weighted by Gasteiger charge is 2.18. The molecular formula is C13H16N2O2. The van der Waals surface area contributed by atoms with Crippen LogP contribution in [0.15, 0.2) is 24.4 Å². The second-order valence-electron chi connectivity index (χ2n) is 3.81. The van der Waals surface area contributed by atoms with Gasteiger partial charge in [-0.2, -0.15) is 0 Å². The van der Waals surface area contributed by atoms with Crippen molar-refractivity contribution in [1.82, 2.24) is 9.38 Å². The van der Waals surface area contributed by atoms with Crippen LogP contribution in [0.3, 0.4) is 0 Å². The predicted molar refractivity (Wildman–Crippen MR) is 65.1 cm³/mol. The fourth-order valence-corrected chi connectivity index (χ4v) is 1.89. The second kappa shape index (κ2) is 4.99. The summed E-state index contributed by atoms with van der Waals surface area (Å²) in [5, 5.41) is 0. The van der Waals surface area contributed by atoms with Crippen LogP contribution < -0.4 is 0 Å². The van der Waals surface area contributed by atoms with E-state index in [4.69, 9.17) is 4.74 Å². The minimum atomic E-state index is -0.334. The Kier molecular flexibility index (Phi) is 3.42. The van der Waals surface area contributed by atoms with Crippen LogP contribution in [-0.4, -0.2) is 22.0 Å². The maximum atomic E-state index is 11.8. The molecule has 0 aliphatic rings. The molecule has 4 nitrogen and oxygen atoms in total. The lowest BCUT2D eigenvalue weighted by Crippen LogP contribution is -2.08. The van der Waals surface area contributed by atoms with Gasteiger partial charge in [0.1, 0.15) is 5.65 Å². The molecule has 2 rings (SSSR count). The Balaban J connectivity index is 2.53. The molecule has 0 aliphatic heterocycles. The Morgan fingerprint density at radius 3 is 2.94 bits per heavy atom. The molecule has 0 aliphatic carbocycles. The van der Waals surface area contributed by atoms with Gasteiger partial charge in [-0.15, -0.1) is 0 Å². The van der Waals surface area contributed by atoms with Crippen molar-refractivity contribution in [3.63, 3.8) is 0 Å². The lowest BCUT2D eigenvalue weighted by atomic mass is 10.2. The van der Waals surface area contributed by atoms with Crippen molar-refractivity contribution in [2.24, 2.45) is 0 Å². The highest BCUT2D eigenvalue weighted by atomic mass is 16.5. The third kappa shape index (κ3) is 2.16. The van der Waals surface area contributed by atoms with Crippen LogP contribution >= 0.6 is 0 Å². The van der Waals surface area contributed by atoms with Crippen molar-refractivity contribution in [2.75, 3.05) is 6.61 Å². The molecule has 0 aromatic carbocycles. The number of aryl methyl sites for hydroxylation is 1. The highest BCUT2D eigenvalue weighted by Crippen LogP contribution is 2.15. The smallest absolute Gasteiger partial charge is 0.358 e. The van der Waals surface area contributed by atoms with E-state index in [0.29, 0.717) is 12.3 Å². The normalized spacial score (nSPS) is 10.7. The fourth-order valence-electron chi connectivity index (χ4n) is 1.89. The number of nitrogens with zero attached hydrogens (tertiary/aromatic N) is 2.